The van der Waals surface area contributed by atoms with Crippen LogP contribution in [-0.2, 0) is 88.0 Å². The summed E-state index contributed by atoms with van der Waals surface area (Å²) in [6.07, 6.45) is 1.90. The van der Waals surface area contributed by atoms with E-state index in [1.807, 2.05) is 26.0 Å². The summed E-state index contributed by atoms with van der Waals surface area (Å²) in [5.41, 5.74) is 8.10. The molecule has 5 aromatic carbocycles. The number of aliphatic hydroxyl groups excluding tert-OH is 1. The van der Waals surface area contributed by atoms with Gasteiger partial charge in [0.2, 0.25) is 70.9 Å². The number of rotatable bonds is 40. The van der Waals surface area contributed by atoms with Crippen LogP contribution in [0.25, 0.3) is 10.8 Å². The highest BCUT2D eigenvalue weighted by atomic mass is 35.5. The number of fused-ring (bicyclic) bond motifs is 1. The summed E-state index contributed by atoms with van der Waals surface area (Å²) >= 11 is 6.26. The van der Waals surface area contributed by atoms with Crippen molar-refractivity contribution >= 4 is 116 Å². The molecule has 0 aliphatic carbocycles. The largest absolute Gasteiger partial charge is 0.394 e. The second kappa shape index (κ2) is 43.2. The van der Waals surface area contributed by atoms with Crippen LogP contribution in [0.4, 0.5) is 11.4 Å². The van der Waals surface area contributed by atoms with Crippen LogP contribution in [0.3, 0.4) is 0 Å². The topological polar surface area (TPSA) is 449 Å². The van der Waals surface area contributed by atoms with E-state index in [0.29, 0.717) is 64.5 Å². The molecule has 14 amide bonds. The number of aromatic nitrogens is 1. The molecule has 1 saturated heterocycles. The number of likely N-dealkylation sites (tertiary alicyclic amines) is 1. The van der Waals surface area contributed by atoms with Crippen LogP contribution in [0.2, 0.25) is 5.02 Å². The van der Waals surface area contributed by atoms with Crippen LogP contribution in [0.1, 0.15) is 127 Å². The Morgan fingerprint density at radius 3 is 1.50 bits per heavy atom. The lowest BCUT2D eigenvalue weighted by molar-refractivity contribution is -0.142. The standard InChI is InChI=1S/C81H103ClN16O15/c1-46(2)38-63(72(104)90-62(19-12-13-36-85-47(3)4)81(113)98-37-15-20-69(98)78(110)86-48(5)70(83)103)91-73(105)64(40-53-23-31-60(32-24-53)87-49(6)100)92-74(106)65(41-54-25-33-61(34-26-54)88-50(7)101)94-77(109)68(45-99)96-76(108)67(42-55-16-14-35-84-44-55)93-75(107)66(39-52-21-29-59(82)30-22-52)95-79(111)71(89-51(8)102)97(9)80(112)58-28-27-56-17-10-11-18-57(56)43-58/h10-11,14,16-18,21-35,43-44,46-48,62-69,71,85,99H,12-13,15,19-20,36-42,45H2,1-9H3,(H2,83,103)(H,86,110)(H,87,100)(H,88,101)(H,89,102)(H,90,104)(H,91,105)(H,92,106)(H,93,107)(H,94,109)(H,95,111)(H,96,108)/t48-,62+,63+,64-,65+,66-,67-,68+,69-,71-/m1/s1. The smallest absolute Gasteiger partial charge is 0.264 e. The first-order valence-corrected chi connectivity index (χ1v) is 37.9. The zero-order valence-corrected chi connectivity index (χ0v) is 65.6. The third-order valence-corrected chi connectivity index (χ3v) is 18.9. The predicted molar refractivity (Wildman–Crippen MR) is 424 cm³/mol. The molecule has 113 heavy (non-hydrogen) atoms. The first-order valence-electron chi connectivity index (χ1n) is 37.5. The Hall–Kier alpha value is -11.7. The molecule has 31 nitrogen and oxygen atoms in total. The van der Waals surface area contributed by atoms with Gasteiger partial charge in [0, 0.05) is 100 Å². The molecule has 1 fully saturated rings. The van der Waals surface area contributed by atoms with Gasteiger partial charge < -0.3 is 84.4 Å². The van der Waals surface area contributed by atoms with Crippen molar-refractivity contribution in [1.29, 1.82) is 0 Å². The van der Waals surface area contributed by atoms with E-state index in [9.17, 15) is 62.6 Å². The van der Waals surface area contributed by atoms with E-state index < -0.39 is 138 Å². The molecule has 1 aliphatic heterocycles. The van der Waals surface area contributed by atoms with Crippen molar-refractivity contribution in [3.63, 3.8) is 0 Å². The Morgan fingerprint density at radius 2 is 1.01 bits per heavy atom. The van der Waals surface area contributed by atoms with Gasteiger partial charge in [0.1, 0.15) is 54.4 Å². The fourth-order valence-corrected chi connectivity index (χ4v) is 12.9. The minimum atomic E-state index is -1.89. The van der Waals surface area contributed by atoms with Gasteiger partial charge in [-0.3, -0.25) is 72.1 Å². The third kappa shape index (κ3) is 27.9. The number of nitrogens with zero attached hydrogens (tertiary/aromatic N) is 3. The molecule has 32 heteroatoms. The maximum Gasteiger partial charge on any atom is 0.264 e. The number of likely N-dealkylation sites (N-methyl/N-ethyl adjacent to an activating group) is 1. The number of nitrogens with one attached hydrogen (secondary N) is 12. The van der Waals surface area contributed by atoms with Gasteiger partial charge in [-0.05, 0) is 146 Å². The predicted octanol–water partition coefficient (Wildman–Crippen LogP) is 2.89. The van der Waals surface area contributed by atoms with Gasteiger partial charge in [-0.1, -0.05) is 112 Å². The van der Waals surface area contributed by atoms with Crippen molar-refractivity contribution in [1.82, 2.24) is 68.0 Å². The molecule has 0 saturated carbocycles. The Bertz CT molecular complexity index is 4340. The number of benzene rings is 5. The third-order valence-electron chi connectivity index (χ3n) is 18.6. The van der Waals surface area contributed by atoms with Crippen molar-refractivity contribution in [2.45, 2.75) is 186 Å². The van der Waals surface area contributed by atoms with E-state index >= 15 is 9.59 Å². The van der Waals surface area contributed by atoms with Gasteiger partial charge in [0.05, 0.1) is 6.61 Å². The van der Waals surface area contributed by atoms with E-state index in [1.54, 1.807) is 117 Å². The first-order chi connectivity index (χ1) is 53.7. The average molecular weight is 1580 g/mol. The highest BCUT2D eigenvalue weighted by molar-refractivity contribution is 6.30. The summed E-state index contributed by atoms with van der Waals surface area (Å²) in [6.45, 7) is 12.4. The average Bonchev–Trinajstić information content (AvgIpc) is 0.937. The minimum Gasteiger partial charge on any atom is -0.394 e. The fraction of sp³-hybridized carbons (Fsp3) is 0.420. The maximum atomic E-state index is 15.3. The summed E-state index contributed by atoms with van der Waals surface area (Å²) in [7, 11) is 1.30. The Balaban J connectivity index is 1.19. The first kappa shape index (κ1) is 88.5. The molecule has 6 aromatic rings. The molecule has 0 unspecified atom stereocenters. The number of hydrogen-bond acceptors (Lipinski definition) is 17. The molecule has 7 rings (SSSR count). The maximum absolute atomic E-state index is 15.3. The lowest BCUT2D eigenvalue weighted by Crippen LogP contribution is -2.62. The normalized spacial score (nSPS) is 14.9. The number of aliphatic hydroxyl groups is 1. The van der Waals surface area contributed by atoms with Crippen molar-refractivity contribution in [2.24, 2.45) is 11.7 Å². The lowest BCUT2D eigenvalue weighted by atomic mass is 9.99. The van der Waals surface area contributed by atoms with Gasteiger partial charge in [-0.2, -0.15) is 0 Å². The summed E-state index contributed by atoms with van der Waals surface area (Å²) in [6, 6.07) is 21.4. The van der Waals surface area contributed by atoms with Gasteiger partial charge >= 0.3 is 0 Å². The molecule has 1 aromatic heterocycles. The number of unbranched alkanes of at least 4 members (excludes halogenated alkanes) is 1. The number of anilines is 2. The molecule has 0 spiro atoms. The van der Waals surface area contributed by atoms with Crippen LogP contribution >= 0.6 is 11.6 Å². The molecule has 604 valence electrons. The van der Waals surface area contributed by atoms with E-state index in [2.05, 4.69) is 68.8 Å². The highest BCUT2D eigenvalue weighted by Gasteiger charge is 2.41. The second-order valence-corrected chi connectivity index (χ2v) is 29.2. The van der Waals surface area contributed by atoms with Crippen molar-refractivity contribution in [3.8, 4) is 0 Å². The van der Waals surface area contributed by atoms with Crippen molar-refractivity contribution in [2.75, 3.05) is 37.4 Å². The molecule has 0 radical (unpaired) electrons. The number of amides is 14. The quantitative estimate of drug-likeness (QED) is 0.0194. The van der Waals surface area contributed by atoms with Gasteiger partial charge in [0.25, 0.3) is 11.8 Å². The number of halogens is 1. The fourth-order valence-electron chi connectivity index (χ4n) is 12.7. The van der Waals surface area contributed by atoms with Crippen LogP contribution in [-0.4, -0.2) is 196 Å². The highest BCUT2D eigenvalue weighted by Crippen LogP contribution is 2.23. The number of pyridine rings is 1. The summed E-state index contributed by atoms with van der Waals surface area (Å²) < 4.78 is 0. The lowest BCUT2D eigenvalue weighted by Gasteiger charge is -2.31. The van der Waals surface area contributed by atoms with Gasteiger partial charge in [-0.15, -0.1) is 0 Å². The zero-order chi connectivity index (χ0) is 82.6. The molecule has 0 bridgehead atoms. The summed E-state index contributed by atoms with van der Waals surface area (Å²) in [4.78, 5) is 203. The Kier molecular flexibility index (Phi) is 33.8. The van der Waals surface area contributed by atoms with E-state index in [4.69, 9.17) is 17.3 Å². The van der Waals surface area contributed by atoms with Crippen molar-refractivity contribution in [3.05, 3.63) is 173 Å². The number of carbonyl (C=O) groups is 14. The van der Waals surface area contributed by atoms with Gasteiger partial charge in [0.15, 0.2) is 6.17 Å². The monoisotopic (exact) mass is 1570 g/mol. The van der Waals surface area contributed by atoms with Crippen LogP contribution in [0.15, 0.2) is 140 Å². The molecular weight excluding hydrogens is 1470 g/mol. The summed E-state index contributed by atoms with van der Waals surface area (Å²) in [5.74, 6) is -11.2. The molecule has 2 heterocycles. The summed E-state index contributed by atoms with van der Waals surface area (Å²) in [5, 5.41) is 45.7. The van der Waals surface area contributed by atoms with E-state index in [-0.39, 0.29) is 80.8 Å². The SMILES string of the molecule is CC(=O)Nc1ccc(C[C@H](NC(=O)[C@H](CO)NC(=O)[C@@H](Cc2cccnc2)NC(=O)[C@@H](Cc2ccc(Cl)cc2)NC(=O)[C@H](NC(C)=O)N(C)C(=O)c2ccc3ccccc3c2)C(=O)N[C@H](Cc2ccc(NC(C)=O)cc2)C(=O)N[C@@H](CC(C)C)C(=O)N[C@@H](CCCCNC(C)C)C(=O)N2CCC[C@@H]2C(=O)N[C@H](C)C(N)=O)cc1. The van der Waals surface area contributed by atoms with E-state index in [1.165, 1.54) is 57.2 Å². The van der Waals surface area contributed by atoms with Crippen molar-refractivity contribution < 1.29 is 72.2 Å². The number of hydrogen-bond donors (Lipinski definition) is 14. The van der Waals surface area contributed by atoms with Crippen LogP contribution in [0, 0.1) is 5.92 Å². The Morgan fingerprint density at radius 1 is 0.531 bits per heavy atom. The molecule has 15 N–H and O–H groups in total. The minimum absolute atomic E-state index is 0.00651. The van der Waals surface area contributed by atoms with Gasteiger partial charge in [-0.25, -0.2) is 0 Å². The van der Waals surface area contributed by atoms with Crippen LogP contribution < -0.4 is 69.5 Å². The number of carbonyl (C=O) groups excluding carboxylic acids is 14. The zero-order valence-electron chi connectivity index (χ0n) is 64.9. The molecule has 1 aliphatic rings. The number of nitrogens with two attached hydrogens (primary N) is 1. The van der Waals surface area contributed by atoms with E-state index in [0.717, 1.165) is 22.6 Å². The van der Waals surface area contributed by atoms with Crippen LogP contribution in [0.5, 0.6) is 0 Å². The molecule has 10 atom stereocenters. The number of primary amides is 1. The Labute approximate surface area is 661 Å². The molecular formula is C81H103ClN16O15. The second-order valence-electron chi connectivity index (χ2n) is 28.8.